The van der Waals surface area contributed by atoms with Gasteiger partial charge in [0, 0.05) is 10.5 Å². The number of nitrogens with one attached hydrogen (secondary N) is 1. The predicted molar refractivity (Wildman–Crippen MR) is 92.2 cm³/mol. The monoisotopic (exact) mass is 379 g/mol. The number of carbonyl (C=O) groups is 1. The molecule has 0 bridgehead atoms. The van der Waals surface area contributed by atoms with Gasteiger partial charge in [0.15, 0.2) is 6.29 Å². The molecule has 0 radical (unpaired) electrons. The number of methoxy groups -OCH3 is 1. The Labute approximate surface area is 142 Å². The van der Waals surface area contributed by atoms with Crippen LogP contribution in [0.25, 0.3) is 0 Å². The van der Waals surface area contributed by atoms with Crippen LogP contribution in [0.3, 0.4) is 0 Å². The third-order valence-corrected chi connectivity index (χ3v) is 5.05. The minimum atomic E-state index is 0.205. The first kappa shape index (κ1) is 15.4. The Morgan fingerprint density at radius 1 is 1.41 bits per heavy atom. The van der Waals surface area contributed by atoms with Crippen molar-refractivity contribution in [3.05, 3.63) is 56.5 Å². The maximum atomic E-state index is 11.0. The van der Waals surface area contributed by atoms with Crippen molar-refractivity contribution in [2.24, 2.45) is 0 Å². The zero-order chi connectivity index (χ0) is 15.7. The average Bonchev–Trinajstić information content (AvgIpc) is 2.93. The number of hydrogen-bond acceptors (Lipinski definition) is 3. The highest BCUT2D eigenvalue weighted by Gasteiger charge is 2.24. The summed E-state index contributed by atoms with van der Waals surface area (Å²) in [6.45, 7) is 0. The number of rotatable bonds is 4. The zero-order valence-electron chi connectivity index (χ0n) is 12.0. The molecule has 3 nitrogen and oxygen atoms in total. The lowest BCUT2D eigenvalue weighted by Gasteiger charge is -2.18. The van der Waals surface area contributed by atoms with Crippen molar-refractivity contribution >= 4 is 39.5 Å². The minimum absolute atomic E-state index is 0.205. The van der Waals surface area contributed by atoms with Crippen LogP contribution in [0.1, 0.15) is 33.9 Å². The third-order valence-electron chi connectivity index (χ3n) is 3.99. The topological polar surface area (TPSA) is 38.3 Å². The number of fused-ring (bicyclic) bond motifs is 1. The van der Waals surface area contributed by atoms with Crippen LogP contribution >= 0.6 is 27.5 Å². The molecule has 1 atom stereocenters. The molecule has 114 valence electrons. The van der Waals surface area contributed by atoms with Gasteiger partial charge in [-0.15, -0.1) is 0 Å². The molecule has 0 unspecified atom stereocenters. The Bertz CT molecular complexity index is 733. The van der Waals surface area contributed by atoms with Crippen LogP contribution < -0.4 is 10.1 Å². The molecule has 1 N–H and O–H groups in total. The van der Waals surface area contributed by atoms with Gasteiger partial charge >= 0.3 is 0 Å². The molecule has 1 aliphatic carbocycles. The molecule has 0 fully saturated rings. The molecule has 3 rings (SSSR count). The highest BCUT2D eigenvalue weighted by atomic mass is 79.9. The number of benzene rings is 2. The summed E-state index contributed by atoms with van der Waals surface area (Å²) in [5.74, 6) is 0.523. The lowest BCUT2D eigenvalue weighted by molar-refractivity contribution is 0.112. The molecule has 1 aliphatic rings. The average molecular weight is 381 g/mol. The summed E-state index contributed by atoms with van der Waals surface area (Å²) in [5, 5.41) is 3.99. The Kier molecular flexibility index (Phi) is 4.41. The van der Waals surface area contributed by atoms with Crippen LogP contribution in [0.5, 0.6) is 5.75 Å². The maximum absolute atomic E-state index is 11.0. The second-order valence-electron chi connectivity index (χ2n) is 5.24. The quantitative estimate of drug-likeness (QED) is 0.757. The van der Waals surface area contributed by atoms with Crippen molar-refractivity contribution in [2.75, 3.05) is 12.4 Å². The molecular weight excluding hydrogens is 366 g/mol. The van der Waals surface area contributed by atoms with E-state index in [-0.39, 0.29) is 6.04 Å². The fourth-order valence-corrected chi connectivity index (χ4v) is 3.70. The summed E-state index contributed by atoms with van der Waals surface area (Å²) in [4.78, 5) is 11.0. The minimum Gasteiger partial charge on any atom is -0.496 e. The van der Waals surface area contributed by atoms with Gasteiger partial charge in [0.25, 0.3) is 0 Å². The number of ether oxygens (including phenoxy) is 1. The first-order chi connectivity index (χ1) is 10.6. The number of anilines is 1. The fraction of sp³-hybridized carbons (Fsp3) is 0.235. The van der Waals surface area contributed by atoms with E-state index in [0.29, 0.717) is 16.3 Å². The smallest absolute Gasteiger partial charge is 0.153 e. The van der Waals surface area contributed by atoms with Gasteiger partial charge in [0.05, 0.1) is 29.4 Å². The molecule has 0 amide bonds. The van der Waals surface area contributed by atoms with E-state index in [1.165, 1.54) is 11.1 Å². The van der Waals surface area contributed by atoms with Crippen LogP contribution in [-0.4, -0.2) is 13.4 Å². The van der Waals surface area contributed by atoms with Gasteiger partial charge in [0.2, 0.25) is 0 Å². The van der Waals surface area contributed by atoms with Gasteiger partial charge in [-0.2, -0.15) is 0 Å². The summed E-state index contributed by atoms with van der Waals surface area (Å²) in [6, 6.07) is 9.86. The van der Waals surface area contributed by atoms with Crippen LogP contribution in [0.15, 0.2) is 34.8 Å². The van der Waals surface area contributed by atoms with Crippen molar-refractivity contribution in [3.8, 4) is 5.75 Å². The Morgan fingerprint density at radius 2 is 2.23 bits per heavy atom. The van der Waals surface area contributed by atoms with Crippen LogP contribution in [-0.2, 0) is 6.42 Å². The Hall–Kier alpha value is -1.52. The lowest BCUT2D eigenvalue weighted by atomic mass is 10.1. The summed E-state index contributed by atoms with van der Waals surface area (Å²) in [6.07, 6.45) is 2.78. The molecule has 0 heterocycles. The normalized spacial score (nSPS) is 16.2. The van der Waals surface area contributed by atoms with E-state index in [2.05, 4.69) is 33.4 Å². The SMILES string of the molecule is COc1cc(N[C@H]2CCc3c(Br)cccc32)c(Cl)cc1C=O. The molecule has 22 heavy (non-hydrogen) atoms. The molecule has 0 aromatic heterocycles. The van der Waals surface area contributed by atoms with Crippen LogP contribution in [0.4, 0.5) is 5.69 Å². The van der Waals surface area contributed by atoms with Gasteiger partial charge < -0.3 is 10.1 Å². The zero-order valence-corrected chi connectivity index (χ0v) is 14.4. The summed E-state index contributed by atoms with van der Waals surface area (Å²) in [5.41, 5.74) is 3.85. The fourth-order valence-electron chi connectivity index (χ4n) is 2.90. The number of carbonyl (C=O) groups excluding carboxylic acids is 1. The largest absolute Gasteiger partial charge is 0.496 e. The summed E-state index contributed by atoms with van der Waals surface area (Å²) in [7, 11) is 1.54. The van der Waals surface area contributed by atoms with E-state index in [1.807, 2.05) is 6.07 Å². The first-order valence-electron chi connectivity index (χ1n) is 7.00. The van der Waals surface area contributed by atoms with Gasteiger partial charge in [-0.3, -0.25) is 4.79 Å². The highest BCUT2D eigenvalue weighted by Crippen LogP contribution is 2.40. The summed E-state index contributed by atoms with van der Waals surface area (Å²) < 4.78 is 6.40. The second-order valence-corrected chi connectivity index (χ2v) is 6.50. The van der Waals surface area contributed by atoms with E-state index >= 15 is 0 Å². The first-order valence-corrected chi connectivity index (χ1v) is 8.17. The van der Waals surface area contributed by atoms with Crippen LogP contribution in [0, 0.1) is 0 Å². The van der Waals surface area contributed by atoms with E-state index in [4.69, 9.17) is 16.3 Å². The standard InChI is InChI=1S/C17H15BrClNO2/c1-22-17-8-16(14(19)7-10(17)9-21)20-15-6-5-11-12(15)3-2-4-13(11)18/h2-4,7-9,15,20H,5-6H2,1H3/t15-/m0/s1. The number of halogens is 2. The molecule has 0 saturated carbocycles. The Balaban J connectivity index is 1.92. The maximum Gasteiger partial charge on any atom is 0.153 e. The molecule has 0 aliphatic heterocycles. The van der Waals surface area contributed by atoms with Crippen molar-refractivity contribution < 1.29 is 9.53 Å². The van der Waals surface area contributed by atoms with Crippen molar-refractivity contribution in [1.82, 2.24) is 0 Å². The highest BCUT2D eigenvalue weighted by molar-refractivity contribution is 9.10. The molecule has 5 heteroatoms. The number of aldehydes is 1. The van der Waals surface area contributed by atoms with Gasteiger partial charge in [-0.1, -0.05) is 39.7 Å². The van der Waals surface area contributed by atoms with Gasteiger partial charge in [-0.05, 0) is 36.1 Å². The molecule has 0 spiro atoms. The molecule has 2 aromatic carbocycles. The third kappa shape index (κ3) is 2.73. The van der Waals surface area contributed by atoms with E-state index in [9.17, 15) is 4.79 Å². The van der Waals surface area contributed by atoms with Crippen molar-refractivity contribution in [3.63, 3.8) is 0 Å². The van der Waals surface area contributed by atoms with Crippen LogP contribution in [0.2, 0.25) is 5.02 Å². The Morgan fingerprint density at radius 3 is 2.95 bits per heavy atom. The van der Waals surface area contributed by atoms with Crippen molar-refractivity contribution in [2.45, 2.75) is 18.9 Å². The van der Waals surface area contributed by atoms with Crippen molar-refractivity contribution in [1.29, 1.82) is 0 Å². The van der Waals surface area contributed by atoms with E-state index < -0.39 is 0 Å². The molecule has 0 saturated heterocycles. The summed E-state index contributed by atoms with van der Waals surface area (Å²) >= 11 is 9.89. The second kappa shape index (κ2) is 6.31. The van der Waals surface area contributed by atoms with E-state index in [1.54, 1.807) is 19.2 Å². The number of hydrogen-bond donors (Lipinski definition) is 1. The predicted octanol–water partition coefficient (Wildman–Crippen LogP) is 5.02. The van der Waals surface area contributed by atoms with Gasteiger partial charge in [0.1, 0.15) is 5.75 Å². The molecule has 2 aromatic rings. The van der Waals surface area contributed by atoms with Gasteiger partial charge in [-0.25, -0.2) is 0 Å². The lowest BCUT2D eigenvalue weighted by Crippen LogP contribution is -2.08. The molecular formula is C17H15BrClNO2. The van der Waals surface area contributed by atoms with E-state index in [0.717, 1.165) is 29.3 Å².